The number of anilines is 1. The average Bonchev–Trinajstić information content (AvgIpc) is 2.94. The summed E-state index contributed by atoms with van der Waals surface area (Å²) >= 11 is 0. The lowest BCUT2D eigenvalue weighted by Gasteiger charge is -2.36. The molecule has 1 amide bonds. The van der Waals surface area contributed by atoms with Crippen LogP contribution in [-0.2, 0) is 17.8 Å². The number of piperidine rings is 1. The highest BCUT2D eigenvalue weighted by Gasteiger charge is 2.27. The van der Waals surface area contributed by atoms with E-state index >= 15 is 4.39 Å². The summed E-state index contributed by atoms with van der Waals surface area (Å²) in [6, 6.07) is 7.13. The number of hydrogen-bond donors (Lipinski definition) is 1. The van der Waals surface area contributed by atoms with Crippen LogP contribution < -0.4 is 15.4 Å². The first-order valence-corrected chi connectivity index (χ1v) is 13.5. The number of benzene rings is 1. The summed E-state index contributed by atoms with van der Waals surface area (Å²) < 4.78 is 35.5. The predicted molar refractivity (Wildman–Crippen MR) is 144 cm³/mol. The van der Waals surface area contributed by atoms with Gasteiger partial charge in [0.25, 0.3) is 0 Å². The Bertz CT molecular complexity index is 1330. The molecule has 4 heterocycles. The van der Waals surface area contributed by atoms with Crippen LogP contribution in [0.5, 0.6) is 5.75 Å². The smallest absolute Gasteiger partial charge is 0.220 e. The molecule has 3 aromatic rings. The van der Waals surface area contributed by atoms with E-state index < -0.39 is 11.6 Å². The molecule has 0 aliphatic carbocycles. The summed E-state index contributed by atoms with van der Waals surface area (Å²) in [5, 5.41) is 0. The first-order chi connectivity index (χ1) is 18.8. The third-order valence-corrected chi connectivity index (χ3v) is 7.72. The van der Waals surface area contributed by atoms with Crippen LogP contribution in [0.15, 0.2) is 36.7 Å². The largest absolute Gasteiger partial charge is 0.486 e. The van der Waals surface area contributed by atoms with Crippen LogP contribution in [0.4, 0.5) is 14.5 Å². The molecule has 1 unspecified atom stereocenters. The summed E-state index contributed by atoms with van der Waals surface area (Å²) in [6.07, 6.45) is 5.71. The minimum atomic E-state index is -0.617. The zero-order valence-corrected chi connectivity index (χ0v) is 22.4. The van der Waals surface area contributed by atoms with E-state index in [0.29, 0.717) is 36.6 Å². The molecule has 10 heteroatoms. The van der Waals surface area contributed by atoms with Crippen LogP contribution in [0.2, 0.25) is 0 Å². The highest BCUT2D eigenvalue weighted by molar-refractivity contribution is 5.76. The molecule has 2 aliphatic heterocycles. The van der Waals surface area contributed by atoms with E-state index in [0.717, 1.165) is 56.4 Å². The van der Waals surface area contributed by atoms with E-state index in [2.05, 4.69) is 38.6 Å². The van der Waals surface area contributed by atoms with E-state index in [4.69, 9.17) is 10.5 Å². The Kier molecular flexibility index (Phi) is 8.02. The van der Waals surface area contributed by atoms with Gasteiger partial charge in [0.15, 0.2) is 17.4 Å². The van der Waals surface area contributed by atoms with Gasteiger partial charge in [-0.05, 0) is 63.0 Å². The molecule has 0 spiro atoms. The lowest BCUT2D eigenvalue weighted by Crippen LogP contribution is -2.39. The minimum absolute atomic E-state index is 0.0349. The molecule has 1 fully saturated rings. The Labute approximate surface area is 227 Å². The summed E-state index contributed by atoms with van der Waals surface area (Å²) in [7, 11) is 0. The van der Waals surface area contributed by atoms with Gasteiger partial charge in [-0.3, -0.25) is 14.7 Å². The molecule has 0 bridgehead atoms. The summed E-state index contributed by atoms with van der Waals surface area (Å²) in [4.78, 5) is 28.9. The number of likely N-dealkylation sites (tertiary alicyclic amines) is 1. The van der Waals surface area contributed by atoms with Crippen molar-refractivity contribution in [2.75, 3.05) is 31.1 Å². The Balaban J connectivity index is 1.31. The molecular weight excluding hydrogens is 502 g/mol. The first kappa shape index (κ1) is 26.9. The minimum Gasteiger partial charge on any atom is -0.486 e. The number of amides is 1. The Morgan fingerprint density at radius 1 is 1.13 bits per heavy atom. The molecule has 8 nitrogen and oxygen atoms in total. The molecule has 1 saturated heterocycles. The standard InChI is InChI=1S/C29H34F2N6O2/c1-3-18(2)37-10-11-39-28-23(30)12-21(13-25(28)37)27-24(31)16-34-26(35-27)14-22-5-4-19(15-33-22)17-36-8-6-20(7-9-36)29(32)38/h4-5,12-13,15-16,18,20H,3,6-11,14,17H2,1-2H3,(H2,32,38). The number of pyridine rings is 1. The van der Waals surface area contributed by atoms with Gasteiger partial charge in [0, 0.05) is 36.0 Å². The van der Waals surface area contributed by atoms with Crippen molar-refractivity contribution in [2.45, 2.75) is 52.1 Å². The maximum Gasteiger partial charge on any atom is 0.220 e. The van der Waals surface area contributed by atoms with E-state index in [1.165, 1.54) is 6.07 Å². The first-order valence-electron chi connectivity index (χ1n) is 13.5. The number of primary amides is 1. The van der Waals surface area contributed by atoms with Gasteiger partial charge in [-0.2, -0.15) is 0 Å². The number of aromatic nitrogens is 3. The maximum atomic E-state index is 15.0. The Morgan fingerprint density at radius 2 is 1.92 bits per heavy atom. The lowest BCUT2D eigenvalue weighted by molar-refractivity contribution is -0.123. The quantitative estimate of drug-likeness (QED) is 0.463. The van der Waals surface area contributed by atoms with Crippen molar-refractivity contribution < 1.29 is 18.3 Å². The number of ether oxygens (including phenoxy) is 1. The molecule has 2 aromatic heterocycles. The number of rotatable bonds is 8. The van der Waals surface area contributed by atoms with Crippen molar-refractivity contribution in [1.82, 2.24) is 19.9 Å². The zero-order chi connectivity index (χ0) is 27.5. The number of hydrogen-bond acceptors (Lipinski definition) is 7. The third kappa shape index (κ3) is 6.00. The maximum absolute atomic E-state index is 15.0. The SMILES string of the molecule is CCC(C)N1CCOc2c(F)cc(-c3nc(Cc4ccc(CN5CCC(C(N)=O)CC5)cn4)ncc3F)cc21. The fourth-order valence-corrected chi connectivity index (χ4v) is 5.26. The van der Waals surface area contributed by atoms with Crippen molar-refractivity contribution in [3.63, 3.8) is 0 Å². The van der Waals surface area contributed by atoms with E-state index in [1.807, 2.05) is 18.3 Å². The van der Waals surface area contributed by atoms with Gasteiger partial charge in [0.1, 0.15) is 18.1 Å². The molecule has 5 rings (SSSR count). The Morgan fingerprint density at radius 3 is 2.62 bits per heavy atom. The van der Waals surface area contributed by atoms with Crippen LogP contribution in [0.25, 0.3) is 11.3 Å². The second-order valence-electron chi connectivity index (χ2n) is 10.4. The van der Waals surface area contributed by atoms with Gasteiger partial charge < -0.3 is 15.4 Å². The lowest BCUT2D eigenvalue weighted by atomic mass is 9.96. The van der Waals surface area contributed by atoms with Gasteiger partial charge in [0.2, 0.25) is 5.91 Å². The number of nitrogens with two attached hydrogens (primary N) is 1. The third-order valence-electron chi connectivity index (χ3n) is 7.72. The predicted octanol–water partition coefficient (Wildman–Crippen LogP) is 4.10. The average molecular weight is 537 g/mol. The van der Waals surface area contributed by atoms with Crippen molar-refractivity contribution >= 4 is 11.6 Å². The zero-order valence-electron chi connectivity index (χ0n) is 22.4. The number of nitrogens with zero attached hydrogens (tertiary/aromatic N) is 5. The number of carbonyl (C=O) groups excluding carboxylic acids is 1. The van der Waals surface area contributed by atoms with Crippen LogP contribution >= 0.6 is 0 Å². The molecule has 1 aromatic carbocycles. The molecule has 2 aliphatic rings. The normalized spacial score (nSPS) is 17.0. The Hall–Kier alpha value is -3.66. The van der Waals surface area contributed by atoms with Gasteiger partial charge in [0.05, 0.1) is 24.8 Å². The second-order valence-corrected chi connectivity index (χ2v) is 10.4. The van der Waals surface area contributed by atoms with Crippen LogP contribution in [0, 0.1) is 17.6 Å². The van der Waals surface area contributed by atoms with Gasteiger partial charge in [-0.15, -0.1) is 0 Å². The highest BCUT2D eigenvalue weighted by atomic mass is 19.1. The summed E-state index contributed by atoms with van der Waals surface area (Å²) in [6.45, 7) is 7.59. The van der Waals surface area contributed by atoms with Crippen molar-refractivity contribution in [2.24, 2.45) is 11.7 Å². The fraction of sp³-hybridized carbons (Fsp3) is 0.448. The molecule has 0 radical (unpaired) electrons. The molecule has 39 heavy (non-hydrogen) atoms. The second kappa shape index (κ2) is 11.6. The van der Waals surface area contributed by atoms with Gasteiger partial charge in [-0.25, -0.2) is 18.7 Å². The number of fused-ring (bicyclic) bond motifs is 1. The topological polar surface area (TPSA) is 97.5 Å². The van der Waals surface area contributed by atoms with Crippen molar-refractivity contribution in [1.29, 1.82) is 0 Å². The van der Waals surface area contributed by atoms with Gasteiger partial charge >= 0.3 is 0 Å². The van der Waals surface area contributed by atoms with E-state index in [1.54, 1.807) is 6.07 Å². The fourth-order valence-electron chi connectivity index (χ4n) is 5.26. The molecule has 206 valence electrons. The van der Waals surface area contributed by atoms with Crippen LogP contribution in [0.1, 0.15) is 50.2 Å². The van der Waals surface area contributed by atoms with E-state index in [-0.39, 0.29) is 29.3 Å². The van der Waals surface area contributed by atoms with E-state index in [9.17, 15) is 9.18 Å². The van der Waals surface area contributed by atoms with Gasteiger partial charge in [-0.1, -0.05) is 13.0 Å². The molecule has 0 saturated carbocycles. The van der Waals surface area contributed by atoms with Crippen molar-refractivity contribution in [3.8, 4) is 17.0 Å². The molecule has 1 atom stereocenters. The van der Waals surface area contributed by atoms with Crippen LogP contribution in [0.3, 0.4) is 0 Å². The number of carbonyl (C=O) groups is 1. The summed E-state index contributed by atoms with van der Waals surface area (Å²) in [5.41, 5.74) is 8.24. The highest BCUT2D eigenvalue weighted by Crippen LogP contribution is 2.39. The summed E-state index contributed by atoms with van der Waals surface area (Å²) in [5.74, 6) is -0.813. The molecular formula is C29H34F2N6O2. The number of halogens is 2. The molecule has 2 N–H and O–H groups in total. The monoisotopic (exact) mass is 536 g/mol. The van der Waals surface area contributed by atoms with Crippen molar-refractivity contribution in [3.05, 3.63) is 65.4 Å². The van der Waals surface area contributed by atoms with Crippen LogP contribution in [-0.4, -0.2) is 58.0 Å².